The number of aliphatic hydroxyl groups excluding tert-OH is 1. The van der Waals surface area contributed by atoms with Crippen molar-refractivity contribution in [2.24, 2.45) is 0 Å². The Labute approximate surface area is 102 Å². The molecule has 0 unspecified atom stereocenters. The molecule has 2 rings (SSSR count). The summed E-state index contributed by atoms with van der Waals surface area (Å²) < 4.78 is 5.55. The van der Waals surface area contributed by atoms with Crippen LogP contribution in [0.1, 0.15) is 25.3 Å². The number of hydrogen-bond donors (Lipinski definition) is 2. The summed E-state index contributed by atoms with van der Waals surface area (Å²) in [6.45, 7) is 6.43. The minimum absolute atomic E-state index is 0.0623. The maximum Gasteiger partial charge on any atom is 0.180 e. The van der Waals surface area contributed by atoms with Crippen LogP contribution >= 0.6 is 0 Å². The van der Waals surface area contributed by atoms with Crippen LogP contribution in [0.15, 0.2) is 42.8 Å². The van der Waals surface area contributed by atoms with E-state index in [2.05, 4.69) is 18.8 Å². The van der Waals surface area contributed by atoms with Gasteiger partial charge in [-0.05, 0) is 31.9 Å². The second-order valence-electron chi connectivity index (χ2n) is 4.95. The van der Waals surface area contributed by atoms with Gasteiger partial charge in [0.05, 0.1) is 6.10 Å². The highest BCUT2D eigenvalue weighted by atomic mass is 16.5. The molecule has 0 amide bonds. The summed E-state index contributed by atoms with van der Waals surface area (Å²) in [6.07, 6.45) is 1.32. The Kier molecular flexibility index (Phi) is 3.38. The number of benzene rings is 1. The highest BCUT2D eigenvalue weighted by Gasteiger charge is 2.39. The molecule has 3 heteroatoms. The van der Waals surface area contributed by atoms with Crippen molar-refractivity contribution < 1.29 is 9.84 Å². The zero-order chi connectivity index (χ0) is 12.3. The molecular weight excluding hydrogens is 214 g/mol. The molecule has 0 spiro atoms. The largest absolute Gasteiger partial charge is 0.475 e. The highest BCUT2D eigenvalue weighted by molar-refractivity contribution is 5.14. The van der Waals surface area contributed by atoms with Crippen LogP contribution in [0.5, 0.6) is 0 Å². The van der Waals surface area contributed by atoms with Crippen LogP contribution in [0.3, 0.4) is 0 Å². The summed E-state index contributed by atoms with van der Waals surface area (Å²) in [7, 11) is 0. The summed E-state index contributed by atoms with van der Waals surface area (Å²) in [5.41, 5.74) is 1.06. The lowest BCUT2D eigenvalue weighted by Crippen LogP contribution is -2.54. The summed E-state index contributed by atoms with van der Waals surface area (Å²) in [4.78, 5) is 0. The molecule has 0 aliphatic heterocycles. The van der Waals surface area contributed by atoms with Gasteiger partial charge in [0.2, 0.25) is 0 Å². The predicted molar refractivity (Wildman–Crippen MR) is 67.2 cm³/mol. The minimum Gasteiger partial charge on any atom is -0.475 e. The zero-order valence-corrected chi connectivity index (χ0v) is 10.1. The van der Waals surface area contributed by atoms with E-state index >= 15 is 0 Å². The fourth-order valence-corrected chi connectivity index (χ4v) is 2.20. The lowest BCUT2D eigenvalue weighted by Gasteiger charge is -2.43. The number of hydrogen-bond acceptors (Lipinski definition) is 3. The smallest absolute Gasteiger partial charge is 0.180 e. The van der Waals surface area contributed by atoms with Crippen molar-refractivity contribution in [2.75, 3.05) is 0 Å². The summed E-state index contributed by atoms with van der Waals surface area (Å²) in [5.74, 6) is 0.572. The average molecular weight is 233 g/mol. The normalized spacial score (nSPS) is 27.1. The van der Waals surface area contributed by atoms with Gasteiger partial charge in [0.25, 0.3) is 0 Å². The van der Waals surface area contributed by atoms with Crippen LogP contribution < -0.4 is 5.32 Å². The molecule has 0 radical (unpaired) electrons. The van der Waals surface area contributed by atoms with Gasteiger partial charge in [-0.3, -0.25) is 0 Å². The van der Waals surface area contributed by atoms with Crippen LogP contribution in [0, 0.1) is 0 Å². The summed E-state index contributed by atoms with van der Waals surface area (Å²) in [6, 6.07) is 9.98. The van der Waals surface area contributed by atoms with Crippen molar-refractivity contribution in [3.63, 3.8) is 0 Å². The fraction of sp³-hybridized carbons (Fsp3) is 0.429. The quantitative estimate of drug-likeness (QED) is 0.766. The molecule has 1 aliphatic rings. The van der Waals surface area contributed by atoms with Gasteiger partial charge in [-0.15, -0.1) is 0 Å². The van der Waals surface area contributed by atoms with E-state index in [1.54, 1.807) is 0 Å². The molecule has 0 saturated heterocycles. The third kappa shape index (κ3) is 3.24. The van der Waals surface area contributed by atoms with Crippen molar-refractivity contribution in [2.45, 2.75) is 38.0 Å². The first-order chi connectivity index (χ1) is 8.07. The molecule has 0 bridgehead atoms. The van der Waals surface area contributed by atoms with Crippen LogP contribution in [0.2, 0.25) is 0 Å². The van der Waals surface area contributed by atoms with Gasteiger partial charge in [-0.25, -0.2) is 0 Å². The lowest BCUT2D eigenvalue weighted by atomic mass is 9.76. The monoisotopic (exact) mass is 233 g/mol. The van der Waals surface area contributed by atoms with E-state index in [0.29, 0.717) is 12.5 Å². The second-order valence-corrected chi connectivity index (χ2v) is 4.95. The lowest BCUT2D eigenvalue weighted by molar-refractivity contribution is 0.00480. The molecule has 1 aromatic rings. The zero-order valence-electron chi connectivity index (χ0n) is 10.1. The Morgan fingerprint density at radius 3 is 2.71 bits per heavy atom. The molecule has 2 N–H and O–H groups in total. The fourth-order valence-electron chi connectivity index (χ4n) is 2.20. The number of nitrogens with one attached hydrogen (secondary N) is 1. The Bertz CT molecular complexity index is 382. The minimum atomic E-state index is -0.186. The second kappa shape index (κ2) is 4.80. The molecule has 1 aliphatic carbocycles. The number of aliphatic hydroxyl groups is 1. The Morgan fingerprint density at radius 2 is 2.12 bits per heavy atom. The van der Waals surface area contributed by atoms with Crippen molar-refractivity contribution in [1.82, 2.24) is 5.32 Å². The molecule has 17 heavy (non-hydrogen) atoms. The highest BCUT2D eigenvalue weighted by Crippen LogP contribution is 2.32. The molecule has 1 aromatic carbocycles. The van der Waals surface area contributed by atoms with Crippen molar-refractivity contribution in [1.29, 1.82) is 0 Å². The van der Waals surface area contributed by atoms with Gasteiger partial charge in [0.1, 0.15) is 6.61 Å². The topological polar surface area (TPSA) is 41.5 Å². The molecule has 0 aromatic heterocycles. The first-order valence-corrected chi connectivity index (χ1v) is 5.89. The van der Waals surface area contributed by atoms with Gasteiger partial charge in [0, 0.05) is 5.54 Å². The van der Waals surface area contributed by atoms with Gasteiger partial charge < -0.3 is 15.2 Å². The summed E-state index contributed by atoms with van der Waals surface area (Å²) >= 11 is 0. The Balaban J connectivity index is 1.75. The van der Waals surface area contributed by atoms with Crippen LogP contribution in [-0.2, 0) is 11.3 Å². The van der Waals surface area contributed by atoms with Crippen LogP contribution in [0.25, 0.3) is 0 Å². The number of rotatable bonds is 5. The van der Waals surface area contributed by atoms with E-state index in [1.807, 2.05) is 30.3 Å². The predicted octanol–water partition coefficient (Wildman–Crippen LogP) is 2.18. The Morgan fingerprint density at radius 1 is 1.47 bits per heavy atom. The summed E-state index contributed by atoms with van der Waals surface area (Å²) in [5, 5.41) is 12.5. The van der Waals surface area contributed by atoms with E-state index in [9.17, 15) is 5.11 Å². The average Bonchev–Trinajstić information content (AvgIpc) is 2.26. The molecule has 0 heterocycles. The molecule has 0 atom stereocenters. The maximum atomic E-state index is 9.29. The maximum absolute atomic E-state index is 9.29. The van der Waals surface area contributed by atoms with Gasteiger partial charge >= 0.3 is 0 Å². The van der Waals surface area contributed by atoms with E-state index in [4.69, 9.17) is 4.74 Å². The van der Waals surface area contributed by atoms with E-state index in [0.717, 1.165) is 18.4 Å². The van der Waals surface area contributed by atoms with Crippen molar-refractivity contribution >= 4 is 0 Å². The van der Waals surface area contributed by atoms with Gasteiger partial charge in [-0.2, -0.15) is 0 Å². The molecular formula is C14H19NO2. The standard InChI is InChI=1S/C14H19NO2/c1-11(15-14(2)8-13(16)9-14)17-10-12-6-4-3-5-7-12/h3-7,13,15-16H,1,8-10H2,2H3. The molecule has 1 saturated carbocycles. The van der Waals surface area contributed by atoms with E-state index in [-0.39, 0.29) is 11.6 Å². The first kappa shape index (κ1) is 12.0. The van der Waals surface area contributed by atoms with Crippen molar-refractivity contribution in [3.8, 4) is 0 Å². The molecule has 1 fully saturated rings. The van der Waals surface area contributed by atoms with E-state index < -0.39 is 0 Å². The Hall–Kier alpha value is -1.48. The number of ether oxygens (including phenoxy) is 1. The van der Waals surface area contributed by atoms with E-state index in [1.165, 1.54) is 0 Å². The van der Waals surface area contributed by atoms with Gasteiger partial charge in [0.15, 0.2) is 5.88 Å². The van der Waals surface area contributed by atoms with Crippen LogP contribution in [0.4, 0.5) is 0 Å². The first-order valence-electron chi connectivity index (χ1n) is 5.89. The van der Waals surface area contributed by atoms with Crippen molar-refractivity contribution in [3.05, 3.63) is 48.4 Å². The molecule has 3 nitrogen and oxygen atoms in total. The third-order valence-corrected chi connectivity index (χ3v) is 3.07. The van der Waals surface area contributed by atoms with Gasteiger partial charge in [-0.1, -0.05) is 30.3 Å². The van der Waals surface area contributed by atoms with Crippen LogP contribution in [-0.4, -0.2) is 16.7 Å². The SMILES string of the molecule is C=C(NC1(C)CC(O)C1)OCc1ccccc1. The third-order valence-electron chi connectivity index (χ3n) is 3.07. The molecule has 92 valence electrons.